The molecule has 0 saturated carbocycles. The van der Waals surface area contributed by atoms with Crippen molar-refractivity contribution in [1.82, 2.24) is 0 Å². The minimum Gasteiger partial charge on any atom is -0.389 e. The fourth-order valence-electron chi connectivity index (χ4n) is 2.27. The highest BCUT2D eigenvalue weighted by Crippen LogP contribution is 2.27. The van der Waals surface area contributed by atoms with Crippen LogP contribution >= 0.6 is 0 Å². The van der Waals surface area contributed by atoms with Gasteiger partial charge in [-0.3, -0.25) is 4.79 Å². The Morgan fingerprint density at radius 1 is 1.50 bits per heavy atom. The summed E-state index contributed by atoms with van der Waals surface area (Å²) in [4.78, 5) is 11.8. The van der Waals surface area contributed by atoms with Crippen molar-refractivity contribution in [3.05, 3.63) is 48.1 Å². The summed E-state index contributed by atoms with van der Waals surface area (Å²) in [5.41, 5.74) is 3.09. The topological polar surface area (TPSA) is 37.3 Å². The van der Waals surface area contributed by atoms with Crippen molar-refractivity contribution in [3.63, 3.8) is 0 Å². The van der Waals surface area contributed by atoms with Gasteiger partial charge in [0.1, 0.15) is 7.85 Å². The number of ketones is 1. The van der Waals surface area contributed by atoms with Gasteiger partial charge < -0.3 is 5.11 Å². The van der Waals surface area contributed by atoms with Gasteiger partial charge >= 0.3 is 0 Å². The first kappa shape index (κ1) is 12.8. The number of aliphatic hydroxyl groups excluding tert-OH is 1. The molecule has 1 aromatic carbocycles. The number of rotatable bonds is 4. The molecular formula is C15H15BO2. The Kier molecular flexibility index (Phi) is 3.82. The van der Waals surface area contributed by atoms with Crippen molar-refractivity contribution in [3.8, 4) is 0 Å². The van der Waals surface area contributed by atoms with Crippen molar-refractivity contribution < 1.29 is 9.90 Å². The summed E-state index contributed by atoms with van der Waals surface area (Å²) >= 11 is 0. The number of benzene rings is 1. The van der Waals surface area contributed by atoms with Gasteiger partial charge in [-0.1, -0.05) is 29.7 Å². The van der Waals surface area contributed by atoms with E-state index in [1.807, 2.05) is 24.3 Å². The minimum atomic E-state index is -0.666. The van der Waals surface area contributed by atoms with Crippen LogP contribution in [0.5, 0.6) is 0 Å². The molecule has 0 aromatic heterocycles. The van der Waals surface area contributed by atoms with Gasteiger partial charge in [-0.15, -0.1) is 6.58 Å². The maximum atomic E-state index is 11.8. The second-order valence-corrected chi connectivity index (χ2v) is 4.48. The highest BCUT2D eigenvalue weighted by molar-refractivity contribution is 6.34. The first-order chi connectivity index (χ1) is 8.63. The summed E-state index contributed by atoms with van der Waals surface area (Å²) in [7, 11) is 5.97. The van der Waals surface area contributed by atoms with Gasteiger partial charge in [0.25, 0.3) is 0 Å². The standard InChI is InChI=1S/C15H15BO2/c1-2-3-5-12-11(6-4-7-14(12)16)13-8-10(17)9-15(13)18/h2,4,6-8,10,17H,1,3,5,9H2. The molecule has 1 aliphatic carbocycles. The summed E-state index contributed by atoms with van der Waals surface area (Å²) in [6, 6.07) is 5.55. The monoisotopic (exact) mass is 238 g/mol. The van der Waals surface area contributed by atoms with Gasteiger partial charge in [0.15, 0.2) is 5.78 Å². The lowest BCUT2D eigenvalue weighted by Crippen LogP contribution is -2.14. The molecular weight excluding hydrogens is 223 g/mol. The van der Waals surface area contributed by atoms with Gasteiger partial charge in [-0.25, -0.2) is 0 Å². The van der Waals surface area contributed by atoms with Crippen LogP contribution in [0.3, 0.4) is 0 Å². The highest BCUT2D eigenvalue weighted by Gasteiger charge is 2.24. The smallest absolute Gasteiger partial charge is 0.166 e. The van der Waals surface area contributed by atoms with Crippen LogP contribution in [-0.4, -0.2) is 24.8 Å². The van der Waals surface area contributed by atoms with Crippen LogP contribution in [0.25, 0.3) is 5.57 Å². The average molecular weight is 238 g/mol. The first-order valence-corrected chi connectivity index (χ1v) is 6.05. The zero-order valence-electron chi connectivity index (χ0n) is 10.2. The molecule has 0 aliphatic heterocycles. The fourth-order valence-corrected chi connectivity index (χ4v) is 2.27. The lowest BCUT2D eigenvalue weighted by Gasteiger charge is -2.12. The van der Waals surface area contributed by atoms with Crippen LogP contribution in [0.15, 0.2) is 36.9 Å². The normalized spacial score (nSPS) is 18.8. The maximum absolute atomic E-state index is 11.8. The number of hydrogen-bond acceptors (Lipinski definition) is 2. The summed E-state index contributed by atoms with van der Waals surface area (Å²) in [6.07, 6.45) is 4.52. The molecule has 0 spiro atoms. The van der Waals surface area contributed by atoms with E-state index >= 15 is 0 Å². The van der Waals surface area contributed by atoms with Gasteiger partial charge in [0.05, 0.1) is 6.10 Å². The third-order valence-corrected chi connectivity index (χ3v) is 3.15. The molecule has 2 rings (SSSR count). The van der Waals surface area contributed by atoms with E-state index in [1.54, 1.807) is 6.08 Å². The molecule has 18 heavy (non-hydrogen) atoms. The second kappa shape index (κ2) is 5.36. The molecule has 2 radical (unpaired) electrons. The molecule has 1 N–H and O–H groups in total. The predicted octanol–water partition coefficient (Wildman–Crippen LogP) is 1.32. The van der Waals surface area contributed by atoms with E-state index in [0.29, 0.717) is 11.0 Å². The quantitative estimate of drug-likeness (QED) is 0.634. The molecule has 0 heterocycles. The van der Waals surface area contributed by atoms with Crippen molar-refractivity contribution in [2.24, 2.45) is 0 Å². The molecule has 0 saturated heterocycles. The number of hydrogen-bond donors (Lipinski definition) is 1. The number of aliphatic hydroxyl groups is 1. The fraction of sp³-hybridized carbons (Fsp3) is 0.267. The van der Waals surface area contributed by atoms with Crippen molar-refractivity contribution in [2.45, 2.75) is 25.4 Å². The Morgan fingerprint density at radius 2 is 2.28 bits per heavy atom. The molecule has 1 unspecified atom stereocenters. The zero-order chi connectivity index (χ0) is 13.1. The van der Waals surface area contributed by atoms with E-state index in [-0.39, 0.29) is 12.2 Å². The number of allylic oxidation sites excluding steroid dienone is 2. The van der Waals surface area contributed by atoms with Crippen LogP contribution in [0, 0.1) is 0 Å². The van der Waals surface area contributed by atoms with Crippen LogP contribution < -0.4 is 5.46 Å². The summed E-state index contributed by atoms with van der Waals surface area (Å²) < 4.78 is 0. The van der Waals surface area contributed by atoms with Crippen LogP contribution in [-0.2, 0) is 11.2 Å². The number of Topliss-reactive ketones (excluding diaryl/α,β-unsaturated/α-hetero) is 1. The molecule has 0 amide bonds. The Morgan fingerprint density at radius 3 is 2.89 bits per heavy atom. The van der Waals surface area contributed by atoms with Crippen LogP contribution in [0.2, 0.25) is 0 Å². The van der Waals surface area contributed by atoms with E-state index in [0.717, 1.165) is 24.0 Å². The van der Waals surface area contributed by atoms with Gasteiger partial charge in [0.2, 0.25) is 0 Å². The van der Waals surface area contributed by atoms with E-state index in [1.165, 1.54) is 0 Å². The zero-order valence-corrected chi connectivity index (χ0v) is 10.2. The van der Waals surface area contributed by atoms with Gasteiger partial charge in [-0.05, 0) is 30.0 Å². The average Bonchev–Trinajstić information content (AvgIpc) is 2.66. The summed E-state index contributed by atoms with van der Waals surface area (Å²) in [5.74, 6) is -0.0204. The van der Waals surface area contributed by atoms with Gasteiger partial charge in [0, 0.05) is 12.0 Å². The molecule has 0 fully saturated rings. The summed E-state index contributed by atoms with van der Waals surface area (Å²) in [6.45, 7) is 3.70. The molecule has 2 nitrogen and oxygen atoms in total. The molecule has 90 valence electrons. The Labute approximate surface area is 108 Å². The third-order valence-electron chi connectivity index (χ3n) is 3.15. The highest BCUT2D eigenvalue weighted by atomic mass is 16.3. The lowest BCUT2D eigenvalue weighted by atomic mass is 9.83. The number of carbonyl (C=O) groups excluding carboxylic acids is 1. The van der Waals surface area contributed by atoms with E-state index in [2.05, 4.69) is 6.58 Å². The van der Waals surface area contributed by atoms with Crippen molar-refractivity contribution in [1.29, 1.82) is 0 Å². The maximum Gasteiger partial charge on any atom is 0.166 e. The SMILES string of the molecule is [B]c1cccc(C2=CC(O)CC2=O)c1CCC=C. The first-order valence-electron chi connectivity index (χ1n) is 6.05. The van der Waals surface area contributed by atoms with E-state index in [9.17, 15) is 9.90 Å². The predicted molar refractivity (Wildman–Crippen MR) is 74.0 cm³/mol. The molecule has 3 heteroatoms. The van der Waals surface area contributed by atoms with Crippen molar-refractivity contribution in [2.75, 3.05) is 0 Å². The Balaban J connectivity index is 2.44. The van der Waals surface area contributed by atoms with E-state index < -0.39 is 6.10 Å². The second-order valence-electron chi connectivity index (χ2n) is 4.48. The molecule has 1 aliphatic rings. The third kappa shape index (κ3) is 2.46. The molecule has 1 aromatic rings. The lowest BCUT2D eigenvalue weighted by molar-refractivity contribution is -0.114. The van der Waals surface area contributed by atoms with Crippen LogP contribution in [0.1, 0.15) is 24.0 Å². The summed E-state index contributed by atoms with van der Waals surface area (Å²) in [5, 5.41) is 9.52. The molecule has 1 atom stereocenters. The van der Waals surface area contributed by atoms with Crippen molar-refractivity contribution >= 4 is 24.7 Å². The minimum absolute atomic E-state index is 0.0204. The molecule has 0 bridgehead atoms. The Bertz CT molecular complexity index is 517. The Hall–Kier alpha value is -1.61. The van der Waals surface area contributed by atoms with Crippen LogP contribution in [0.4, 0.5) is 0 Å². The van der Waals surface area contributed by atoms with E-state index in [4.69, 9.17) is 7.85 Å². The number of carbonyl (C=O) groups is 1. The largest absolute Gasteiger partial charge is 0.389 e. The van der Waals surface area contributed by atoms with Gasteiger partial charge in [-0.2, -0.15) is 0 Å².